The number of benzene rings is 2. The van der Waals surface area contributed by atoms with Crippen LogP contribution < -0.4 is 10.1 Å². The summed E-state index contributed by atoms with van der Waals surface area (Å²) >= 11 is 5.98. The second-order valence-electron chi connectivity index (χ2n) is 6.50. The molecule has 0 aliphatic rings. The highest BCUT2D eigenvalue weighted by Crippen LogP contribution is 2.25. The fourth-order valence-corrected chi connectivity index (χ4v) is 4.14. The van der Waals surface area contributed by atoms with Crippen molar-refractivity contribution in [2.45, 2.75) is 18.4 Å². The Balaban J connectivity index is 1.84. The molecule has 0 saturated carbocycles. The van der Waals surface area contributed by atoms with E-state index in [1.165, 1.54) is 32.4 Å². The van der Waals surface area contributed by atoms with E-state index in [0.29, 0.717) is 23.0 Å². The molecule has 0 unspecified atom stereocenters. The molecule has 3 aromatic rings. The summed E-state index contributed by atoms with van der Waals surface area (Å²) in [5.41, 5.74) is 0.773. The molecule has 0 atom stereocenters. The molecular weight excluding hydrogens is 444 g/mol. The number of aromatic nitrogens is 2. The minimum Gasteiger partial charge on any atom is -0.496 e. The number of methoxy groups -OCH3 is 1. The number of hydrogen-bond donors (Lipinski definition) is 1. The molecule has 3 rings (SSSR count). The second kappa shape index (κ2) is 9.46. The van der Waals surface area contributed by atoms with Gasteiger partial charge in [-0.25, -0.2) is 8.42 Å². The number of hydrogen-bond acceptors (Lipinski definition) is 7. The van der Waals surface area contributed by atoms with E-state index in [2.05, 4.69) is 15.5 Å². The summed E-state index contributed by atoms with van der Waals surface area (Å²) in [7, 11) is -1.15. The van der Waals surface area contributed by atoms with Gasteiger partial charge in [0.2, 0.25) is 21.7 Å². The highest BCUT2D eigenvalue weighted by atomic mass is 35.5. The van der Waals surface area contributed by atoms with Crippen LogP contribution in [0.1, 0.15) is 23.2 Å². The normalized spacial score (nSPS) is 11.5. The lowest BCUT2D eigenvalue weighted by molar-refractivity contribution is 0.0952. The monoisotopic (exact) mass is 464 g/mol. The molecule has 9 nitrogen and oxygen atoms in total. The molecule has 11 heteroatoms. The summed E-state index contributed by atoms with van der Waals surface area (Å²) in [5, 5.41) is 7.04. The Morgan fingerprint density at radius 3 is 2.71 bits per heavy atom. The molecule has 164 valence electrons. The van der Waals surface area contributed by atoms with Gasteiger partial charge in [-0.05, 0) is 37.3 Å². The summed E-state index contributed by atoms with van der Waals surface area (Å²) in [6.45, 7) is 2.00. The zero-order valence-corrected chi connectivity index (χ0v) is 18.7. The fraction of sp³-hybridized carbons (Fsp3) is 0.250. The summed E-state index contributed by atoms with van der Waals surface area (Å²) in [6, 6.07) is 11.0. The highest BCUT2D eigenvalue weighted by Gasteiger charge is 2.25. The number of sulfonamides is 1. The minimum absolute atomic E-state index is 0.0633. The molecule has 0 fully saturated rings. The summed E-state index contributed by atoms with van der Waals surface area (Å²) < 4.78 is 37.5. The quantitative estimate of drug-likeness (QED) is 0.545. The first kappa shape index (κ1) is 22.7. The van der Waals surface area contributed by atoms with Crippen molar-refractivity contribution in [1.29, 1.82) is 0 Å². The Morgan fingerprint density at radius 1 is 1.26 bits per heavy atom. The molecule has 1 N–H and O–H groups in total. The highest BCUT2D eigenvalue weighted by molar-refractivity contribution is 7.89. The fourth-order valence-electron chi connectivity index (χ4n) is 2.80. The minimum atomic E-state index is -3.95. The first-order valence-corrected chi connectivity index (χ1v) is 11.1. The Labute approximate surface area is 185 Å². The van der Waals surface area contributed by atoms with Crippen LogP contribution in [0.4, 0.5) is 0 Å². The molecule has 2 aromatic carbocycles. The van der Waals surface area contributed by atoms with Gasteiger partial charge >= 0.3 is 0 Å². The first-order valence-electron chi connectivity index (χ1n) is 9.27. The molecule has 0 bridgehead atoms. The maximum Gasteiger partial charge on any atom is 0.255 e. The van der Waals surface area contributed by atoms with Gasteiger partial charge in [0.15, 0.2) is 0 Å². The van der Waals surface area contributed by atoms with Crippen LogP contribution in [0, 0.1) is 0 Å². The van der Waals surface area contributed by atoms with Crippen molar-refractivity contribution in [2.24, 2.45) is 0 Å². The Bertz CT molecular complexity index is 1200. The lowest BCUT2D eigenvalue weighted by Gasteiger charge is -2.16. The number of halogens is 1. The zero-order chi connectivity index (χ0) is 22.6. The summed E-state index contributed by atoms with van der Waals surface area (Å²) in [6.07, 6.45) is 0. The van der Waals surface area contributed by atoms with Crippen molar-refractivity contribution >= 4 is 27.5 Å². The molecular formula is C20H21ClN4O5S. The molecule has 1 heterocycles. The Hall–Kier alpha value is -2.95. The number of carbonyl (C=O) groups excluding carboxylic acids is 1. The number of carbonyl (C=O) groups is 1. The first-order chi connectivity index (χ1) is 14.8. The van der Waals surface area contributed by atoms with Crippen molar-refractivity contribution in [3.05, 3.63) is 58.9 Å². The number of amides is 1. The molecule has 31 heavy (non-hydrogen) atoms. The van der Waals surface area contributed by atoms with Crippen LogP contribution in [-0.4, -0.2) is 49.5 Å². The van der Waals surface area contributed by atoms with Gasteiger partial charge in [0.1, 0.15) is 5.75 Å². The van der Waals surface area contributed by atoms with Gasteiger partial charge in [0.25, 0.3) is 5.91 Å². The van der Waals surface area contributed by atoms with E-state index in [4.69, 9.17) is 20.9 Å². The molecule has 1 amide bonds. The van der Waals surface area contributed by atoms with Crippen LogP contribution in [-0.2, 0) is 16.6 Å². The van der Waals surface area contributed by atoms with Gasteiger partial charge in [-0.3, -0.25) is 4.79 Å². The van der Waals surface area contributed by atoms with E-state index in [1.807, 2.05) is 0 Å². The average molecular weight is 465 g/mol. The van der Waals surface area contributed by atoms with E-state index in [1.54, 1.807) is 31.2 Å². The average Bonchev–Trinajstić information content (AvgIpc) is 3.22. The molecule has 0 radical (unpaired) electrons. The number of rotatable bonds is 8. The third-order valence-corrected chi connectivity index (χ3v) is 6.40. The van der Waals surface area contributed by atoms with Crippen molar-refractivity contribution < 1.29 is 22.5 Å². The van der Waals surface area contributed by atoms with Crippen molar-refractivity contribution in [1.82, 2.24) is 19.8 Å². The largest absolute Gasteiger partial charge is 0.496 e. The lowest BCUT2D eigenvalue weighted by Crippen LogP contribution is -2.28. The van der Waals surface area contributed by atoms with Crippen LogP contribution in [0.5, 0.6) is 5.75 Å². The van der Waals surface area contributed by atoms with Crippen molar-refractivity contribution in [2.75, 3.05) is 20.7 Å². The SMILES string of the molecule is CCNC(=O)c1cc(S(=O)(=O)N(C)Cc2nc(-c3cccc(Cl)c3)no2)ccc1OC. The topological polar surface area (TPSA) is 115 Å². The van der Waals surface area contributed by atoms with Gasteiger partial charge in [-0.2, -0.15) is 9.29 Å². The number of nitrogens with zero attached hydrogens (tertiary/aromatic N) is 3. The smallest absolute Gasteiger partial charge is 0.255 e. The van der Waals surface area contributed by atoms with Crippen LogP contribution in [0.3, 0.4) is 0 Å². The lowest BCUT2D eigenvalue weighted by atomic mass is 10.2. The maximum atomic E-state index is 13.0. The van der Waals surface area contributed by atoms with Crippen molar-refractivity contribution in [3.63, 3.8) is 0 Å². The number of ether oxygens (including phenoxy) is 1. The summed E-state index contributed by atoms with van der Waals surface area (Å²) in [4.78, 5) is 16.5. The van der Waals surface area contributed by atoms with E-state index >= 15 is 0 Å². The Morgan fingerprint density at radius 2 is 2.03 bits per heavy atom. The second-order valence-corrected chi connectivity index (χ2v) is 8.99. The van der Waals surface area contributed by atoms with Gasteiger partial charge in [0.05, 0.1) is 24.1 Å². The van der Waals surface area contributed by atoms with Crippen molar-refractivity contribution in [3.8, 4) is 17.1 Å². The van der Waals surface area contributed by atoms with Gasteiger partial charge in [-0.15, -0.1) is 0 Å². The third-order valence-electron chi connectivity index (χ3n) is 4.37. The summed E-state index contributed by atoms with van der Waals surface area (Å²) in [5.74, 6) is 0.252. The van der Waals surface area contributed by atoms with E-state index in [0.717, 1.165) is 4.31 Å². The van der Waals surface area contributed by atoms with E-state index in [9.17, 15) is 13.2 Å². The predicted molar refractivity (Wildman–Crippen MR) is 114 cm³/mol. The maximum absolute atomic E-state index is 13.0. The van der Waals surface area contributed by atoms with Gasteiger partial charge in [0, 0.05) is 24.2 Å². The molecule has 1 aromatic heterocycles. The van der Waals surface area contributed by atoms with Crippen LogP contribution in [0.2, 0.25) is 5.02 Å². The predicted octanol–water partition coefficient (Wildman–Crippen LogP) is 2.97. The Kier molecular flexibility index (Phi) is 6.94. The zero-order valence-electron chi connectivity index (χ0n) is 17.1. The van der Waals surface area contributed by atoms with E-state index < -0.39 is 15.9 Å². The van der Waals surface area contributed by atoms with Gasteiger partial charge in [-0.1, -0.05) is 28.9 Å². The molecule has 0 spiro atoms. The van der Waals surface area contributed by atoms with E-state index in [-0.39, 0.29) is 28.6 Å². The standard InChI is InChI=1S/C20H21ClN4O5S/c1-4-22-20(26)16-11-15(8-9-17(16)29-3)31(27,28)25(2)12-18-23-19(24-30-18)13-6-5-7-14(21)10-13/h5-11H,4,12H2,1-3H3,(H,22,26). The molecule has 0 saturated heterocycles. The van der Waals surface area contributed by atoms with Crippen LogP contribution in [0.15, 0.2) is 51.9 Å². The molecule has 0 aliphatic carbocycles. The van der Waals surface area contributed by atoms with Crippen LogP contribution >= 0.6 is 11.6 Å². The third kappa shape index (κ3) is 5.04. The number of nitrogens with one attached hydrogen (secondary N) is 1. The molecule has 0 aliphatic heterocycles. The van der Waals surface area contributed by atoms with Crippen LogP contribution in [0.25, 0.3) is 11.4 Å². The van der Waals surface area contributed by atoms with Gasteiger partial charge < -0.3 is 14.6 Å².